The Morgan fingerprint density at radius 2 is 2.11 bits per heavy atom. The fourth-order valence-electron chi connectivity index (χ4n) is 1.36. The molecule has 1 aromatic carbocycles. The maximum Gasteiger partial charge on any atom is 0.335 e. The van der Waals surface area contributed by atoms with Crippen LogP contribution in [0.5, 0.6) is 5.75 Å². The number of nitrogens with one attached hydrogen (secondary N) is 1. The first-order valence-corrected chi connectivity index (χ1v) is 5.39. The highest BCUT2D eigenvalue weighted by molar-refractivity contribution is 5.94. The van der Waals surface area contributed by atoms with Crippen LogP contribution in [0.2, 0.25) is 0 Å². The summed E-state index contributed by atoms with van der Waals surface area (Å²) in [5.41, 5.74) is 0.160. The van der Waals surface area contributed by atoms with Crippen LogP contribution >= 0.6 is 0 Å². The van der Waals surface area contributed by atoms with Gasteiger partial charge in [-0.1, -0.05) is 0 Å². The largest absolute Gasteiger partial charge is 0.506 e. The van der Waals surface area contributed by atoms with Crippen molar-refractivity contribution in [3.8, 4) is 5.75 Å². The molecule has 0 aliphatic carbocycles. The highest BCUT2D eigenvalue weighted by Gasteiger charge is 2.09. The Morgan fingerprint density at radius 1 is 1.39 bits per heavy atom. The molecule has 6 heteroatoms. The van der Waals surface area contributed by atoms with Crippen molar-refractivity contribution >= 4 is 17.6 Å². The summed E-state index contributed by atoms with van der Waals surface area (Å²) in [5, 5.41) is 20.8. The van der Waals surface area contributed by atoms with Crippen molar-refractivity contribution in [2.24, 2.45) is 0 Å². The monoisotopic (exact) mass is 253 g/mol. The van der Waals surface area contributed by atoms with E-state index in [1.54, 1.807) is 7.11 Å². The van der Waals surface area contributed by atoms with E-state index in [-0.39, 0.29) is 29.3 Å². The molecule has 0 saturated heterocycles. The maximum absolute atomic E-state index is 11.5. The van der Waals surface area contributed by atoms with Gasteiger partial charge in [-0.15, -0.1) is 0 Å². The Balaban J connectivity index is 2.62. The summed E-state index contributed by atoms with van der Waals surface area (Å²) < 4.78 is 4.81. The number of rotatable bonds is 6. The lowest BCUT2D eigenvalue weighted by molar-refractivity contribution is -0.116. The van der Waals surface area contributed by atoms with Gasteiger partial charge in [0.1, 0.15) is 5.75 Å². The molecule has 0 heterocycles. The van der Waals surface area contributed by atoms with Crippen LogP contribution in [-0.4, -0.2) is 35.8 Å². The van der Waals surface area contributed by atoms with Gasteiger partial charge in [-0.05, 0) is 24.6 Å². The Kier molecular flexibility index (Phi) is 5.13. The van der Waals surface area contributed by atoms with Crippen molar-refractivity contribution in [2.75, 3.05) is 19.0 Å². The van der Waals surface area contributed by atoms with Crippen LogP contribution < -0.4 is 5.32 Å². The molecule has 0 atom stereocenters. The number of methoxy groups -OCH3 is 1. The summed E-state index contributed by atoms with van der Waals surface area (Å²) in [5.74, 6) is -1.66. The first-order chi connectivity index (χ1) is 8.54. The molecular formula is C12H15NO5. The number of carboxylic acids is 1. The minimum Gasteiger partial charge on any atom is -0.506 e. The number of hydrogen-bond donors (Lipinski definition) is 3. The number of phenols is 1. The van der Waals surface area contributed by atoms with Crippen molar-refractivity contribution in [1.29, 1.82) is 0 Å². The van der Waals surface area contributed by atoms with Crippen LogP contribution in [0.4, 0.5) is 5.69 Å². The Labute approximate surface area is 104 Å². The van der Waals surface area contributed by atoms with Crippen LogP contribution in [0.1, 0.15) is 23.2 Å². The first kappa shape index (κ1) is 14.0. The molecule has 18 heavy (non-hydrogen) atoms. The van der Waals surface area contributed by atoms with E-state index in [1.165, 1.54) is 12.1 Å². The number of hydrogen-bond acceptors (Lipinski definition) is 4. The number of aromatic hydroxyl groups is 1. The van der Waals surface area contributed by atoms with Gasteiger partial charge in [0.25, 0.3) is 0 Å². The molecule has 0 bridgehead atoms. The quantitative estimate of drug-likeness (QED) is 0.527. The van der Waals surface area contributed by atoms with Gasteiger partial charge in [-0.25, -0.2) is 4.79 Å². The zero-order valence-corrected chi connectivity index (χ0v) is 9.97. The molecule has 3 N–H and O–H groups in total. The number of ether oxygens (including phenoxy) is 1. The number of carboxylic acid groups (broad SMARTS) is 1. The number of amides is 1. The molecular weight excluding hydrogens is 238 g/mol. The third kappa shape index (κ3) is 4.06. The molecule has 0 aliphatic rings. The van der Waals surface area contributed by atoms with Crippen LogP contribution in [0.15, 0.2) is 18.2 Å². The third-order valence-electron chi connectivity index (χ3n) is 2.27. The number of anilines is 1. The molecule has 0 fully saturated rings. The molecule has 6 nitrogen and oxygen atoms in total. The molecule has 0 aliphatic heterocycles. The fraction of sp³-hybridized carbons (Fsp3) is 0.333. The highest BCUT2D eigenvalue weighted by atomic mass is 16.5. The highest BCUT2D eigenvalue weighted by Crippen LogP contribution is 2.24. The molecule has 0 radical (unpaired) electrons. The van der Waals surface area contributed by atoms with Crippen LogP contribution in [0.3, 0.4) is 0 Å². The van der Waals surface area contributed by atoms with E-state index in [0.29, 0.717) is 13.0 Å². The van der Waals surface area contributed by atoms with Crippen molar-refractivity contribution in [3.63, 3.8) is 0 Å². The van der Waals surface area contributed by atoms with Crippen molar-refractivity contribution in [2.45, 2.75) is 12.8 Å². The lowest BCUT2D eigenvalue weighted by Gasteiger charge is -2.07. The van der Waals surface area contributed by atoms with Gasteiger partial charge in [0.15, 0.2) is 0 Å². The topological polar surface area (TPSA) is 95.9 Å². The molecule has 1 rings (SSSR count). The van der Waals surface area contributed by atoms with Gasteiger partial charge in [0.05, 0.1) is 11.3 Å². The van der Waals surface area contributed by atoms with E-state index < -0.39 is 5.97 Å². The normalized spacial score (nSPS) is 10.1. The van der Waals surface area contributed by atoms with E-state index in [1.807, 2.05) is 0 Å². The second-order valence-corrected chi connectivity index (χ2v) is 3.68. The maximum atomic E-state index is 11.5. The fourth-order valence-corrected chi connectivity index (χ4v) is 1.36. The predicted octanol–water partition coefficient (Wildman–Crippen LogP) is 1.46. The van der Waals surface area contributed by atoms with E-state index in [2.05, 4.69) is 5.32 Å². The second kappa shape index (κ2) is 6.61. The zero-order valence-electron chi connectivity index (χ0n) is 9.97. The average molecular weight is 253 g/mol. The summed E-state index contributed by atoms with van der Waals surface area (Å²) >= 11 is 0. The van der Waals surface area contributed by atoms with Gasteiger partial charge in [0.2, 0.25) is 5.91 Å². The van der Waals surface area contributed by atoms with Gasteiger partial charge in [-0.3, -0.25) is 4.79 Å². The number of phenolic OH excluding ortho intramolecular Hbond substituents is 1. The number of aromatic carboxylic acids is 1. The van der Waals surface area contributed by atoms with E-state index in [4.69, 9.17) is 9.84 Å². The molecule has 0 spiro atoms. The molecule has 0 aromatic heterocycles. The Bertz CT molecular complexity index is 444. The van der Waals surface area contributed by atoms with Crippen LogP contribution in [-0.2, 0) is 9.53 Å². The summed E-state index contributed by atoms with van der Waals surface area (Å²) in [6.45, 7) is 0.483. The Morgan fingerprint density at radius 3 is 2.67 bits per heavy atom. The number of benzene rings is 1. The van der Waals surface area contributed by atoms with Crippen molar-refractivity contribution in [1.82, 2.24) is 0 Å². The third-order valence-corrected chi connectivity index (χ3v) is 2.27. The molecule has 0 saturated carbocycles. The summed E-state index contributed by atoms with van der Waals surface area (Å²) in [6, 6.07) is 3.76. The van der Waals surface area contributed by atoms with Crippen LogP contribution in [0.25, 0.3) is 0 Å². The smallest absolute Gasteiger partial charge is 0.335 e. The summed E-state index contributed by atoms with van der Waals surface area (Å²) in [7, 11) is 1.55. The minimum atomic E-state index is -1.14. The molecule has 1 aromatic rings. The van der Waals surface area contributed by atoms with Crippen LogP contribution in [0, 0.1) is 0 Å². The number of carbonyl (C=O) groups excluding carboxylic acids is 1. The predicted molar refractivity (Wildman–Crippen MR) is 64.8 cm³/mol. The van der Waals surface area contributed by atoms with E-state index in [9.17, 15) is 14.7 Å². The Hall–Kier alpha value is -2.08. The van der Waals surface area contributed by atoms with Gasteiger partial charge < -0.3 is 20.3 Å². The lowest BCUT2D eigenvalue weighted by atomic mass is 10.2. The van der Waals surface area contributed by atoms with Gasteiger partial charge in [0, 0.05) is 20.1 Å². The molecule has 0 unspecified atom stereocenters. The van der Waals surface area contributed by atoms with Crippen molar-refractivity contribution < 1.29 is 24.5 Å². The molecule has 98 valence electrons. The lowest BCUT2D eigenvalue weighted by Crippen LogP contribution is -2.12. The van der Waals surface area contributed by atoms with Gasteiger partial charge in [-0.2, -0.15) is 0 Å². The number of carbonyl (C=O) groups is 2. The SMILES string of the molecule is COCCCC(=O)Nc1ccc(C(=O)O)cc1O. The standard InChI is InChI=1S/C12H15NO5/c1-18-6-2-3-11(15)13-9-5-4-8(12(16)17)7-10(9)14/h4-5,7,14H,2-3,6H2,1H3,(H,13,15)(H,16,17). The molecule has 1 amide bonds. The second-order valence-electron chi connectivity index (χ2n) is 3.68. The minimum absolute atomic E-state index is 0.0371. The average Bonchev–Trinajstić information content (AvgIpc) is 2.32. The summed E-state index contributed by atoms with van der Waals surface area (Å²) in [6.07, 6.45) is 0.851. The van der Waals surface area contributed by atoms with Crippen molar-refractivity contribution in [3.05, 3.63) is 23.8 Å². The first-order valence-electron chi connectivity index (χ1n) is 5.39. The van der Waals surface area contributed by atoms with Gasteiger partial charge >= 0.3 is 5.97 Å². The zero-order chi connectivity index (χ0) is 13.5. The van der Waals surface area contributed by atoms with E-state index >= 15 is 0 Å². The summed E-state index contributed by atoms with van der Waals surface area (Å²) in [4.78, 5) is 22.1. The van der Waals surface area contributed by atoms with E-state index in [0.717, 1.165) is 6.07 Å².